The van der Waals surface area contributed by atoms with Crippen LogP contribution >= 0.6 is 23.2 Å². The maximum Gasteiger partial charge on any atom is 0.244 e. The van der Waals surface area contributed by atoms with Crippen LogP contribution in [-0.4, -0.2) is 58.1 Å². The molecule has 0 saturated carbocycles. The Balaban J connectivity index is 2.47. The van der Waals surface area contributed by atoms with Gasteiger partial charge in [-0.15, -0.1) is 0 Å². The predicted octanol–water partition coefficient (Wildman–Crippen LogP) is 3.32. The summed E-state index contributed by atoms with van der Waals surface area (Å²) in [4.78, 5) is 27.3. The number of carbonyl (C=O) groups is 2. The normalized spacial score (nSPS) is 12.1. The second-order valence-corrected chi connectivity index (χ2v) is 10.0. The van der Waals surface area contributed by atoms with Gasteiger partial charge < -0.3 is 15.0 Å². The van der Waals surface area contributed by atoms with Crippen molar-refractivity contribution in [2.75, 3.05) is 31.3 Å². The lowest BCUT2D eigenvalue weighted by Gasteiger charge is -2.32. The molecule has 2 amide bonds. The molecule has 11 heteroatoms. The van der Waals surface area contributed by atoms with Crippen molar-refractivity contribution in [1.82, 2.24) is 10.2 Å². The number of rotatable bonds is 10. The maximum absolute atomic E-state index is 13.5. The van der Waals surface area contributed by atoms with Gasteiger partial charge in [-0.05, 0) is 36.2 Å². The number of methoxy groups -OCH3 is 1. The number of sulfonamides is 1. The lowest BCUT2D eigenvalue weighted by molar-refractivity contribution is -0.140. The van der Waals surface area contributed by atoms with E-state index in [9.17, 15) is 18.0 Å². The van der Waals surface area contributed by atoms with E-state index in [1.807, 2.05) is 0 Å². The molecule has 2 rings (SSSR count). The third kappa shape index (κ3) is 6.99. The van der Waals surface area contributed by atoms with Gasteiger partial charge in [-0.1, -0.05) is 42.3 Å². The molecular formula is C22H27Cl2N3O5S. The van der Waals surface area contributed by atoms with Crippen molar-refractivity contribution in [2.45, 2.75) is 25.9 Å². The van der Waals surface area contributed by atoms with Crippen molar-refractivity contribution in [2.24, 2.45) is 0 Å². The highest BCUT2D eigenvalue weighted by Crippen LogP contribution is 2.26. The molecule has 0 aromatic heterocycles. The van der Waals surface area contributed by atoms with Crippen LogP contribution in [0.2, 0.25) is 10.0 Å². The van der Waals surface area contributed by atoms with Gasteiger partial charge in [-0.25, -0.2) is 8.42 Å². The zero-order chi connectivity index (χ0) is 24.8. The number of carbonyl (C=O) groups excluding carboxylic acids is 2. The molecule has 0 unspecified atom stereocenters. The number of anilines is 1. The highest BCUT2D eigenvalue weighted by molar-refractivity contribution is 7.92. The minimum Gasteiger partial charge on any atom is -0.497 e. The first kappa shape index (κ1) is 26.8. The van der Waals surface area contributed by atoms with Gasteiger partial charge in [0.05, 0.1) is 19.1 Å². The first-order valence-electron chi connectivity index (χ1n) is 10.1. The quantitative estimate of drug-likeness (QED) is 0.523. The highest BCUT2D eigenvalue weighted by atomic mass is 35.5. The Morgan fingerprint density at radius 2 is 1.85 bits per heavy atom. The Kier molecular flexibility index (Phi) is 9.39. The molecule has 0 bridgehead atoms. The summed E-state index contributed by atoms with van der Waals surface area (Å²) in [6, 6.07) is 10.4. The number of benzene rings is 2. The fraction of sp³-hybridized carbons (Fsp3) is 0.364. The fourth-order valence-corrected chi connectivity index (χ4v) is 4.61. The van der Waals surface area contributed by atoms with Crippen LogP contribution in [0.4, 0.5) is 5.69 Å². The summed E-state index contributed by atoms with van der Waals surface area (Å²) in [6.45, 7) is 1.25. The summed E-state index contributed by atoms with van der Waals surface area (Å²) in [7, 11) is -0.896. The van der Waals surface area contributed by atoms with E-state index in [4.69, 9.17) is 27.9 Å². The summed E-state index contributed by atoms with van der Waals surface area (Å²) in [6.07, 6.45) is 1.32. The molecule has 0 heterocycles. The van der Waals surface area contributed by atoms with Crippen molar-refractivity contribution in [3.05, 3.63) is 58.1 Å². The number of amides is 2. The van der Waals surface area contributed by atoms with Crippen LogP contribution in [0.25, 0.3) is 0 Å². The highest BCUT2D eigenvalue weighted by Gasteiger charge is 2.31. The van der Waals surface area contributed by atoms with Gasteiger partial charge in [0.2, 0.25) is 21.8 Å². The van der Waals surface area contributed by atoms with Crippen LogP contribution in [0.5, 0.6) is 5.75 Å². The molecule has 0 aliphatic rings. The first-order chi connectivity index (χ1) is 15.5. The van der Waals surface area contributed by atoms with E-state index < -0.39 is 28.5 Å². The average molecular weight is 516 g/mol. The molecule has 2 aromatic carbocycles. The second kappa shape index (κ2) is 11.6. The van der Waals surface area contributed by atoms with Crippen molar-refractivity contribution in [3.63, 3.8) is 0 Å². The minimum absolute atomic E-state index is 0.00350. The number of likely N-dealkylation sites (N-methyl/N-ethyl adjacent to an activating group) is 1. The average Bonchev–Trinajstić information content (AvgIpc) is 2.77. The van der Waals surface area contributed by atoms with Crippen LogP contribution in [0.15, 0.2) is 42.5 Å². The molecule has 0 aliphatic carbocycles. The Morgan fingerprint density at radius 3 is 2.39 bits per heavy atom. The number of halogens is 2. The SMILES string of the molecule is CC[C@H](C(=O)NC)N(Cc1ccc(Cl)cc1Cl)C(=O)CN(c1cccc(OC)c1)S(C)(=O)=O. The number of hydrogen-bond donors (Lipinski definition) is 1. The monoisotopic (exact) mass is 515 g/mol. The zero-order valence-electron chi connectivity index (χ0n) is 18.8. The van der Waals surface area contributed by atoms with Crippen molar-refractivity contribution in [3.8, 4) is 5.75 Å². The summed E-state index contributed by atoms with van der Waals surface area (Å²) >= 11 is 12.3. The summed E-state index contributed by atoms with van der Waals surface area (Å²) in [5.74, 6) is -0.497. The van der Waals surface area contributed by atoms with Gasteiger partial charge in [0.15, 0.2) is 0 Å². The molecule has 0 fully saturated rings. The molecule has 33 heavy (non-hydrogen) atoms. The van der Waals surface area contributed by atoms with E-state index in [2.05, 4.69) is 5.32 Å². The van der Waals surface area contributed by atoms with Gasteiger partial charge in [-0.3, -0.25) is 13.9 Å². The smallest absolute Gasteiger partial charge is 0.244 e. The third-order valence-electron chi connectivity index (χ3n) is 5.01. The maximum atomic E-state index is 13.5. The Labute approximate surface area is 204 Å². The molecule has 0 aliphatic heterocycles. The molecule has 0 spiro atoms. The topological polar surface area (TPSA) is 96.0 Å². The lowest BCUT2D eigenvalue weighted by Crippen LogP contribution is -2.51. The predicted molar refractivity (Wildman–Crippen MR) is 130 cm³/mol. The Morgan fingerprint density at radius 1 is 1.15 bits per heavy atom. The standard InChI is InChI=1S/C22H27Cl2N3O5S/c1-5-20(22(29)25-2)26(13-15-9-10-16(23)11-19(15)24)21(28)14-27(33(4,30)31)17-7-6-8-18(12-17)32-3/h6-12,20H,5,13-14H2,1-4H3,(H,25,29)/t20-/m1/s1. The molecule has 2 aromatic rings. The number of hydrogen-bond acceptors (Lipinski definition) is 5. The molecular weight excluding hydrogens is 489 g/mol. The zero-order valence-corrected chi connectivity index (χ0v) is 21.2. The number of ether oxygens (including phenoxy) is 1. The van der Waals surface area contributed by atoms with Crippen LogP contribution in [0.1, 0.15) is 18.9 Å². The summed E-state index contributed by atoms with van der Waals surface area (Å²) < 4.78 is 31.3. The van der Waals surface area contributed by atoms with Crippen LogP contribution in [0, 0.1) is 0 Å². The van der Waals surface area contributed by atoms with Crippen molar-refractivity contribution in [1.29, 1.82) is 0 Å². The summed E-state index contributed by atoms with van der Waals surface area (Å²) in [5, 5.41) is 3.32. The minimum atomic E-state index is -3.83. The largest absolute Gasteiger partial charge is 0.497 e. The van der Waals surface area contributed by atoms with Gasteiger partial charge >= 0.3 is 0 Å². The van der Waals surface area contributed by atoms with Gasteiger partial charge in [0.1, 0.15) is 18.3 Å². The first-order valence-corrected chi connectivity index (χ1v) is 12.7. The van der Waals surface area contributed by atoms with E-state index >= 15 is 0 Å². The van der Waals surface area contributed by atoms with E-state index in [1.165, 1.54) is 25.1 Å². The van der Waals surface area contributed by atoms with Crippen molar-refractivity contribution < 1.29 is 22.7 Å². The molecule has 180 valence electrons. The molecule has 1 atom stereocenters. The van der Waals surface area contributed by atoms with E-state index in [0.717, 1.165) is 10.6 Å². The molecule has 8 nitrogen and oxygen atoms in total. The number of nitrogens with one attached hydrogen (secondary N) is 1. The van der Waals surface area contributed by atoms with E-state index in [-0.39, 0.29) is 18.1 Å². The Hall–Kier alpha value is -2.49. The molecule has 1 N–H and O–H groups in total. The van der Waals surface area contributed by atoms with Crippen LogP contribution < -0.4 is 14.4 Å². The second-order valence-electron chi connectivity index (χ2n) is 7.27. The van der Waals surface area contributed by atoms with Gasteiger partial charge in [0, 0.05) is 29.7 Å². The summed E-state index contributed by atoms with van der Waals surface area (Å²) in [5.41, 5.74) is 0.840. The Bertz CT molecular complexity index is 1110. The molecule has 0 radical (unpaired) electrons. The van der Waals surface area contributed by atoms with E-state index in [0.29, 0.717) is 27.8 Å². The van der Waals surface area contributed by atoms with Crippen LogP contribution in [0.3, 0.4) is 0 Å². The number of nitrogens with zero attached hydrogens (tertiary/aromatic N) is 2. The van der Waals surface area contributed by atoms with Crippen molar-refractivity contribution >= 4 is 50.7 Å². The fourth-order valence-electron chi connectivity index (χ4n) is 3.30. The van der Waals surface area contributed by atoms with Gasteiger partial charge in [-0.2, -0.15) is 0 Å². The third-order valence-corrected chi connectivity index (χ3v) is 6.74. The van der Waals surface area contributed by atoms with Gasteiger partial charge in [0.25, 0.3) is 0 Å². The molecule has 0 saturated heterocycles. The van der Waals surface area contributed by atoms with Crippen LogP contribution in [-0.2, 0) is 26.2 Å². The van der Waals surface area contributed by atoms with E-state index in [1.54, 1.807) is 43.3 Å². The lowest BCUT2D eigenvalue weighted by atomic mass is 10.1.